The van der Waals surface area contributed by atoms with Gasteiger partial charge in [-0.25, -0.2) is 0 Å². The number of anilines is 2. The second kappa shape index (κ2) is 6.60. The maximum Gasteiger partial charge on any atom is 0.255 e. The minimum absolute atomic E-state index is 0.106. The van der Waals surface area contributed by atoms with Gasteiger partial charge in [-0.3, -0.25) is 9.59 Å². The van der Waals surface area contributed by atoms with Gasteiger partial charge in [-0.2, -0.15) is 0 Å². The first-order chi connectivity index (χ1) is 12.1. The van der Waals surface area contributed by atoms with E-state index in [9.17, 15) is 9.59 Å². The van der Waals surface area contributed by atoms with Gasteiger partial charge < -0.3 is 10.2 Å². The van der Waals surface area contributed by atoms with Gasteiger partial charge in [-0.15, -0.1) is 0 Å². The first-order valence-corrected chi connectivity index (χ1v) is 9.00. The van der Waals surface area contributed by atoms with Crippen molar-refractivity contribution < 1.29 is 9.59 Å². The van der Waals surface area contributed by atoms with Crippen LogP contribution in [0.4, 0.5) is 11.4 Å². The third kappa shape index (κ3) is 3.64. The van der Waals surface area contributed by atoms with Crippen molar-refractivity contribution >= 4 is 23.2 Å². The van der Waals surface area contributed by atoms with Crippen molar-refractivity contribution in [2.45, 2.75) is 41.0 Å². The van der Waals surface area contributed by atoms with Crippen molar-refractivity contribution in [1.82, 2.24) is 0 Å². The molecular weight excluding hydrogens is 324 g/mol. The molecule has 136 valence electrons. The molecule has 0 saturated carbocycles. The zero-order valence-electron chi connectivity index (χ0n) is 16.1. The Morgan fingerprint density at radius 2 is 1.65 bits per heavy atom. The van der Waals surface area contributed by atoms with Crippen molar-refractivity contribution in [3.8, 4) is 0 Å². The van der Waals surface area contributed by atoms with Crippen molar-refractivity contribution in [2.24, 2.45) is 5.41 Å². The van der Waals surface area contributed by atoms with Crippen molar-refractivity contribution in [3.63, 3.8) is 0 Å². The summed E-state index contributed by atoms with van der Waals surface area (Å²) in [4.78, 5) is 27.1. The van der Waals surface area contributed by atoms with E-state index in [4.69, 9.17) is 0 Å². The lowest BCUT2D eigenvalue weighted by Crippen LogP contribution is -2.38. The highest BCUT2D eigenvalue weighted by Crippen LogP contribution is 2.34. The molecule has 0 atom stereocenters. The summed E-state index contributed by atoms with van der Waals surface area (Å²) < 4.78 is 0. The van der Waals surface area contributed by atoms with Crippen LogP contribution in [0.15, 0.2) is 36.4 Å². The normalized spacial score (nSPS) is 13.5. The maximum absolute atomic E-state index is 12.7. The fraction of sp³-hybridized carbons (Fsp3) is 0.364. The molecule has 26 heavy (non-hydrogen) atoms. The van der Waals surface area contributed by atoms with Gasteiger partial charge in [0.15, 0.2) is 0 Å². The molecule has 0 bridgehead atoms. The second-order valence-corrected chi connectivity index (χ2v) is 8.13. The summed E-state index contributed by atoms with van der Waals surface area (Å²) in [6.07, 6.45) is 0.850. The molecule has 1 N–H and O–H groups in total. The number of nitrogens with zero attached hydrogens (tertiary/aromatic N) is 1. The molecule has 4 heteroatoms. The van der Waals surface area contributed by atoms with Gasteiger partial charge in [0.25, 0.3) is 5.91 Å². The number of hydrogen-bond acceptors (Lipinski definition) is 2. The molecule has 2 aromatic carbocycles. The highest BCUT2D eigenvalue weighted by Gasteiger charge is 2.32. The van der Waals surface area contributed by atoms with E-state index in [1.807, 2.05) is 75.9 Å². The Morgan fingerprint density at radius 3 is 2.27 bits per heavy atom. The van der Waals surface area contributed by atoms with Crippen LogP contribution in [-0.2, 0) is 11.2 Å². The Morgan fingerprint density at radius 1 is 1.00 bits per heavy atom. The number of amides is 2. The zero-order valence-corrected chi connectivity index (χ0v) is 16.1. The summed E-state index contributed by atoms with van der Waals surface area (Å²) >= 11 is 0. The van der Waals surface area contributed by atoms with Gasteiger partial charge in [0.1, 0.15) is 0 Å². The van der Waals surface area contributed by atoms with E-state index in [1.165, 1.54) is 0 Å². The van der Waals surface area contributed by atoms with Gasteiger partial charge in [-0.1, -0.05) is 44.0 Å². The smallest absolute Gasteiger partial charge is 0.255 e. The van der Waals surface area contributed by atoms with Gasteiger partial charge in [0.05, 0.1) is 0 Å². The maximum atomic E-state index is 12.7. The van der Waals surface area contributed by atoms with Crippen LogP contribution >= 0.6 is 0 Å². The molecule has 3 rings (SSSR count). The molecule has 0 fully saturated rings. The highest BCUT2D eigenvalue weighted by molar-refractivity contribution is 6.05. The quantitative estimate of drug-likeness (QED) is 0.867. The average Bonchev–Trinajstić information content (AvgIpc) is 2.95. The average molecular weight is 350 g/mol. The molecule has 0 unspecified atom stereocenters. The van der Waals surface area contributed by atoms with Gasteiger partial charge in [-0.05, 0) is 50.1 Å². The van der Waals surface area contributed by atoms with Crippen LogP contribution in [0.5, 0.6) is 0 Å². The summed E-state index contributed by atoms with van der Waals surface area (Å²) in [5.41, 5.74) is 5.10. The van der Waals surface area contributed by atoms with Crippen LogP contribution in [0.1, 0.15) is 47.8 Å². The molecule has 0 aromatic heterocycles. The number of carbonyl (C=O) groups is 2. The summed E-state index contributed by atoms with van der Waals surface area (Å²) in [6.45, 7) is 10.4. The molecule has 1 aliphatic rings. The molecule has 2 amide bonds. The molecule has 0 spiro atoms. The number of fused-ring (bicyclic) bond motifs is 1. The fourth-order valence-corrected chi connectivity index (χ4v) is 3.38. The molecule has 1 heterocycles. The molecule has 0 radical (unpaired) electrons. The van der Waals surface area contributed by atoms with Crippen LogP contribution in [0.3, 0.4) is 0 Å². The van der Waals surface area contributed by atoms with Crippen molar-refractivity contribution in [2.75, 3.05) is 16.8 Å². The Hall–Kier alpha value is -2.62. The van der Waals surface area contributed by atoms with E-state index in [0.717, 1.165) is 28.8 Å². The second-order valence-electron chi connectivity index (χ2n) is 8.13. The summed E-state index contributed by atoms with van der Waals surface area (Å²) in [6, 6.07) is 11.6. The summed E-state index contributed by atoms with van der Waals surface area (Å²) in [5, 5.41) is 2.96. The lowest BCUT2D eigenvalue weighted by Gasteiger charge is -2.26. The largest absolute Gasteiger partial charge is 0.322 e. The van der Waals surface area contributed by atoms with E-state index >= 15 is 0 Å². The number of nitrogens with one attached hydrogen (secondary N) is 1. The zero-order chi connectivity index (χ0) is 19.1. The van der Waals surface area contributed by atoms with Crippen LogP contribution < -0.4 is 10.2 Å². The molecular formula is C22H26N2O2. The summed E-state index contributed by atoms with van der Waals surface area (Å²) in [5.74, 6) is -0.0301. The first-order valence-electron chi connectivity index (χ1n) is 9.00. The van der Waals surface area contributed by atoms with Crippen LogP contribution in [-0.4, -0.2) is 18.4 Å². The minimum atomic E-state index is -0.431. The SMILES string of the molecule is Cc1cc(C)cc(C(=O)Nc2ccc3c(c2)N(C(=O)C(C)(C)C)CC3)c1. The number of aryl methyl sites for hydroxylation is 2. The Labute approximate surface area is 155 Å². The molecule has 0 aliphatic carbocycles. The molecule has 2 aromatic rings. The minimum Gasteiger partial charge on any atom is -0.322 e. The highest BCUT2D eigenvalue weighted by atomic mass is 16.2. The predicted octanol–water partition coefficient (Wildman–Crippen LogP) is 4.49. The van der Waals surface area contributed by atoms with Crippen molar-refractivity contribution in [3.05, 3.63) is 58.7 Å². The lowest BCUT2D eigenvalue weighted by atomic mass is 9.94. The van der Waals surface area contributed by atoms with Gasteiger partial charge in [0, 0.05) is 28.9 Å². The van der Waals surface area contributed by atoms with E-state index in [1.54, 1.807) is 0 Å². The number of benzene rings is 2. The molecule has 1 aliphatic heterocycles. The lowest BCUT2D eigenvalue weighted by molar-refractivity contribution is -0.125. The predicted molar refractivity (Wildman–Crippen MR) is 106 cm³/mol. The van der Waals surface area contributed by atoms with E-state index in [0.29, 0.717) is 17.8 Å². The third-order valence-electron chi connectivity index (χ3n) is 4.61. The summed E-state index contributed by atoms with van der Waals surface area (Å²) in [7, 11) is 0. The van der Waals surface area contributed by atoms with Gasteiger partial charge in [0.2, 0.25) is 5.91 Å². The van der Waals surface area contributed by atoms with Gasteiger partial charge >= 0.3 is 0 Å². The topological polar surface area (TPSA) is 49.4 Å². The van der Waals surface area contributed by atoms with E-state index in [-0.39, 0.29) is 11.8 Å². The number of carbonyl (C=O) groups excluding carboxylic acids is 2. The van der Waals surface area contributed by atoms with Crippen LogP contribution in [0.25, 0.3) is 0 Å². The number of hydrogen-bond donors (Lipinski definition) is 1. The van der Waals surface area contributed by atoms with E-state index < -0.39 is 5.41 Å². The van der Waals surface area contributed by atoms with E-state index in [2.05, 4.69) is 5.32 Å². The number of rotatable bonds is 2. The Kier molecular flexibility index (Phi) is 4.61. The molecule has 0 saturated heterocycles. The fourth-order valence-electron chi connectivity index (χ4n) is 3.38. The third-order valence-corrected chi connectivity index (χ3v) is 4.61. The van der Waals surface area contributed by atoms with Crippen molar-refractivity contribution in [1.29, 1.82) is 0 Å². The standard InChI is InChI=1S/C22H26N2O2/c1-14-10-15(2)12-17(11-14)20(25)23-18-7-6-16-8-9-24(19(16)13-18)21(26)22(3,4)5/h6-7,10-13H,8-9H2,1-5H3,(H,23,25). The monoisotopic (exact) mass is 350 g/mol. The van der Waals surface area contributed by atoms with Crippen LogP contribution in [0, 0.1) is 19.3 Å². The Balaban J connectivity index is 1.85. The molecule has 4 nitrogen and oxygen atoms in total. The first kappa shape index (κ1) is 18.2. The van der Waals surface area contributed by atoms with Crippen LogP contribution in [0.2, 0.25) is 0 Å². The Bertz CT molecular complexity index is 858.